The van der Waals surface area contributed by atoms with Crippen molar-refractivity contribution in [1.29, 1.82) is 0 Å². The summed E-state index contributed by atoms with van der Waals surface area (Å²) in [6, 6.07) is 15.9. The van der Waals surface area contributed by atoms with Crippen molar-refractivity contribution < 1.29 is 14.1 Å². The van der Waals surface area contributed by atoms with Gasteiger partial charge in [-0.3, -0.25) is 4.90 Å². The summed E-state index contributed by atoms with van der Waals surface area (Å²) in [5.74, 6) is 0.896. The van der Waals surface area contributed by atoms with Crippen molar-refractivity contribution in [3.63, 3.8) is 0 Å². The molecule has 1 saturated heterocycles. The molecule has 0 bridgehead atoms. The van der Waals surface area contributed by atoms with E-state index in [-0.39, 0.29) is 0 Å². The highest BCUT2D eigenvalue weighted by molar-refractivity contribution is 5.76. The second-order valence-corrected chi connectivity index (χ2v) is 6.58. The van der Waals surface area contributed by atoms with Crippen molar-refractivity contribution in [3.8, 4) is 5.75 Å². The summed E-state index contributed by atoms with van der Waals surface area (Å²) in [7, 11) is 0. The Balaban J connectivity index is 1.42. The van der Waals surface area contributed by atoms with E-state index in [1.165, 1.54) is 0 Å². The Morgan fingerprint density at radius 2 is 2.00 bits per heavy atom. The van der Waals surface area contributed by atoms with Gasteiger partial charge < -0.3 is 9.47 Å². The van der Waals surface area contributed by atoms with Crippen LogP contribution in [-0.4, -0.2) is 47.6 Å². The molecule has 6 nitrogen and oxygen atoms in total. The average Bonchev–Trinajstić information content (AvgIpc) is 3.34. The fourth-order valence-corrected chi connectivity index (χ4v) is 3.35. The van der Waals surface area contributed by atoms with Crippen molar-refractivity contribution in [2.24, 2.45) is 0 Å². The molecule has 0 saturated carbocycles. The second-order valence-electron chi connectivity index (χ2n) is 6.58. The number of hydrogen-bond donors (Lipinski definition) is 0. The molecule has 1 aromatic heterocycles. The molecular formula is C20H23N3O3. The van der Waals surface area contributed by atoms with Crippen LogP contribution in [0.5, 0.6) is 5.75 Å². The number of ether oxygens (including phenoxy) is 2. The number of para-hydroxylation sites is 1. The van der Waals surface area contributed by atoms with E-state index in [1.807, 2.05) is 42.5 Å². The van der Waals surface area contributed by atoms with Crippen LogP contribution < -0.4 is 4.74 Å². The molecule has 0 amide bonds. The molecule has 0 spiro atoms. The number of benzene rings is 2. The Bertz CT molecular complexity index is 815. The van der Waals surface area contributed by atoms with E-state index in [0.29, 0.717) is 12.7 Å². The fraction of sp³-hybridized carbons (Fsp3) is 0.400. The van der Waals surface area contributed by atoms with Gasteiger partial charge in [-0.1, -0.05) is 30.3 Å². The Morgan fingerprint density at radius 3 is 2.85 bits per heavy atom. The minimum Gasteiger partial charge on any atom is -0.492 e. The van der Waals surface area contributed by atoms with Crippen LogP contribution in [0, 0.1) is 0 Å². The van der Waals surface area contributed by atoms with E-state index in [4.69, 9.17) is 14.1 Å². The first kappa shape index (κ1) is 17.0. The maximum atomic E-state index is 5.88. The lowest BCUT2D eigenvalue weighted by molar-refractivity contribution is 0.0655. The maximum Gasteiger partial charge on any atom is 0.139 e. The second kappa shape index (κ2) is 8.29. The zero-order chi connectivity index (χ0) is 17.6. The number of rotatable bonds is 8. The highest BCUT2D eigenvalue weighted by Gasteiger charge is 2.20. The molecule has 2 heterocycles. The summed E-state index contributed by atoms with van der Waals surface area (Å²) in [4.78, 5) is 2.36. The van der Waals surface area contributed by atoms with Crippen molar-refractivity contribution >= 4 is 11.0 Å². The summed E-state index contributed by atoms with van der Waals surface area (Å²) in [5.41, 5.74) is 2.73. The van der Waals surface area contributed by atoms with Crippen LogP contribution in [0.25, 0.3) is 11.0 Å². The summed E-state index contributed by atoms with van der Waals surface area (Å²) in [5, 5.41) is 7.99. The first-order valence-electron chi connectivity index (χ1n) is 9.10. The van der Waals surface area contributed by atoms with Crippen molar-refractivity contribution in [1.82, 2.24) is 15.2 Å². The Labute approximate surface area is 152 Å². The van der Waals surface area contributed by atoms with Gasteiger partial charge >= 0.3 is 0 Å². The number of fused-ring (bicyclic) bond motifs is 1. The molecule has 1 aliphatic heterocycles. The summed E-state index contributed by atoms with van der Waals surface area (Å²) in [6.45, 7) is 3.96. The highest BCUT2D eigenvalue weighted by atomic mass is 16.6. The molecule has 0 N–H and O–H groups in total. The monoisotopic (exact) mass is 353 g/mol. The van der Waals surface area contributed by atoms with Gasteiger partial charge in [0.15, 0.2) is 0 Å². The van der Waals surface area contributed by atoms with E-state index in [0.717, 1.165) is 61.4 Å². The maximum absolute atomic E-state index is 5.88. The third kappa shape index (κ3) is 4.20. The van der Waals surface area contributed by atoms with Gasteiger partial charge in [0.1, 0.15) is 23.4 Å². The van der Waals surface area contributed by atoms with E-state index in [2.05, 4.69) is 21.3 Å². The lowest BCUT2D eigenvalue weighted by Crippen LogP contribution is -2.35. The molecule has 1 aliphatic rings. The highest BCUT2D eigenvalue weighted by Crippen LogP contribution is 2.19. The van der Waals surface area contributed by atoms with E-state index in [9.17, 15) is 0 Å². The van der Waals surface area contributed by atoms with Crippen molar-refractivity contribution in [2.45, 2.75) is 25.5 Å². The van der Waals surface area contributed by atoms with Gasteiger partial charge in [0.2, 0.25) is 0 Å². The van der Waals surface area contributed by atoms with Crippen LogP contribution in [0.2, 0.25) is 0 Å². The fourth-order valence-electron chi connectivity index (χ4n) is 3.35. The standard InChI is InChI=1S/C20H23N3O3/c1-2-7-17(8-3-1)25-13-11-23(15-18-9-5-12-24-18)14-16-6-4-10-19-20(16)22-26-21-19/h1-4,6-8,10,18H,5,9,11-15H2. The SMILES string of the molecule is c1ccc(OCCN(Cc2cccc3nonc23)CC2CCCO2)cc1. The number of nitrogens with zero attached hydrogens (tertiary/aromatic N) is 3. The molecular weight excluding hydrogens is 330 g/mol. The number of aromatic nitrogens is 2. The average molecular weight is 353 g/mol. The van der Waals surface area contributed by atoms with Crippen LogP contribution in [0.4, 0.5) is 0 Å². The van der Waals surface area contributed by atoms with Gasteiger partial charge in [-0.05, 0) is 46.9 Å². The predicted molar refractivity (Wildman–Crippen MR) is 98.0 cm³/mol. The molecule has 1 unspecified atom stereocenters. The third-order valence-electron chi connectivity index (χ3n) is 4.67. The topological polar surface area (TPSA) is 60.6 Å². The van der Waals surface area contributed by atoms with Gasteiger partial charge in [0.25, 0.3) is 0 Å². The normalized spacial score (nSPS) is 17.2. The molecule has 0 radical (unpaired) electrons. The Hall–Kier alpha value is -2.44. The third-order valence-corrected chi connectivity index (χ3v) is 4.67. The Morgan fingerprint density at radius 1 is 1.08 bits per heavy atom. The van der Waals surface area contributed by atoms with E-state index < -0.39 is 0 Å². The molecule has 26 heavy (non-hydrogen) atoms. The van der Waals surface area contributed by atoms with Crippen molar-refractivity contribution in [3.05, 3.63) is 54.1 Å². The van der Waals surface area contributed by atoms with Crippen LogP contribution in [0.15, 0.2) is 53.2 Å². The van der Waals surface area contributed by atoms with Crippen LogP contribution in [-0.2, 0) is 11.3 Å². The van der Waals surface area contributed by atoms with E-state index >= 15 is 0 Å². The number of hydrogen-bond acceptors (Lipinski definition) is 6. The zero-order valence-corrected chi connectivity index (χ0v) is 14.7. The van der Waals surface area contributed by atoms with Crippen LogP contribution in [0.3, 0.4) is 0 Å². The molecule has 1 atom stereocenters. The van der Waals surface area contributed by atoms with Gasteiger partial charge in [-0.2, -0.15) is 0 Å². The molecule has 6 heteroatoms. The van der Waals surface area contributed by atoms with E-state index in [1.54, 1.807) is 0 Å². The summed E-state index contributed by atoms with van der Waals surface area (Å²) in [6.07, 6.45) is 2.55. The lowest BCUT2D eigenvalue weighted by atomic mass is 10.1. The lowest BCUT2D eigenvalue weighted by Gasteiger charge is -2.25. The van der Waals surface area contributed by atoms with Crippen molar-refractivity contribution in [2.75, 3.05) is 26.3 Å². The van der Waals surface area contributed by atoms with Gasteiger partial charge in [-0.25, -0.2) is 4.63 Å². The summed E-state index contributed by atoms with van der Waals surface area (Å²) < 4.78 is 16.6. The van der Waals surface area contributed by atoms with Gasteiger partial charge in [-0.15, -0.1) is 0 Å². The van der Waals surface area contributed by atoms with Gasteiger partial charge in [0.05, 0.1) is 6.10 Å². The minimum absolute atomic E-state index is 0.293. The first-order valence-corrected chi connectivity index (χ1v) is 9.10. The van der Waals surface area contributed by atoms with Gasteiger partial charge in [0, 0.05) is 26.2 Å². The quantitative estimate of drug-likeness (QED) is 0.619. The first-order chi connectivity index (χ1) is 12.9. The van der Waals surface area contributed by atoms with Crippen LogP contribution in [0.1, 0.15) is 18.4 Å². The predicted octanol–water partition coefficient (Wildman–Crippen LogP) is 3.28. The molecule has 4 rings (SSSR count). The Kier molecular flexibility index (Phi) is 5.42. The molecule has 1 fully saturated rings. The molecule has 136 valence electrons. The molecule has 3 aromatic rings. The van der Waals surface area contributed by atoms with Crippen LogP contribution >= 0.6 is 0 Å². The largest absolute Gasteiger partial charge is 0.492 e. The molecule has 2 aromatic carbocycles. The molecule has 0 aliphatic carbocycles. The zero-order valence-electron chi connectivity index (χ0n) is 14.7. The minimum atomic E-state index is 0.293. The smallest absolute Gasteiger partial charge is 0.139 e. The summed E-state index contributed by atoms with van der Waals surface area (Å²) >= 11 is 0.